The molecule has 0 N–H and O–H groups in total. The second kappa shape index (κ2) is 9.92. The van der Waals surface area contributed by atoms with E-state index in [9.17, 15) is 0 Å². The van der Waals surface area contributed by atoms with Gasteiger partial charge in [0.25, 0.3) is 0 Å². The van der Waals surface area contributed by atoms with Gasteiger partial charge in [-0.05, 0) is 91.9 Å². The Labute approximate surface area is 204 Å². The molecule has 0 saturated carbocycles. The molecule has 0 radical (unpaired) electrons. The number of hydrogen-bond donors (Lipinski definition) is 0. The molecule has 0 aliphatic heterocycles. The Morgan fingerprint density at radius 2 is 0.529 bits per heavy atom. The Morgan fingerprint density at radius 1 is 0.324 bits per heavy atom. The third-order valence-electron chi connectivity index (χ3n) is 6.42. The van der Waals surface area contributed by atoms with Crippen LogP contribution in [0.5, 0.6) is 0 Å². The van der Waals surface area contributed by atoms with Crippen LogP contribution >= 0.6 is 0 Å². The summed E-state index contributed by atoms with van der Waals surface area (Å²) in [5.41, 5.74) is 9.45. The fraction of sp³-hybridized carbons (Fsp3) is 0.200. The highest BCUT2D eigenvalue weighted by Gasteiger charge is 2.09. The van der Waals surface area contributed by atoms with Crippen LogP contribution in [0.25, 0.3) is 0 Å². The van der Waals surface area contributed by atoms with Gasteiger partial charge in [-0.3, -0.25) is 0 Å². The van der Waals surface area contributed by atoms with Gasteiger partial charge in [0.2, 0.25) is 0 Å². The minimum absolute atomic E-state index is 1.15. The Kier molecular flexibility index (Phi) is 6.78. The number of aryl methyl sites for hydroxylation is 1. The molecule has 174 valence electrons. The average Bonchev–Trinajstić information content (AvgIpc) is 2.88. The first-order valence-corrected chi connectivity index (χ1v) is 11.6. The van der Waals surface area contributed by atoms with Crippen molar-refractivity contribution in [2.45, 2.75) is 6.92 Å². The molecule has 4 heteroatoms. The van der Waals surface area contributed by atoms with Gasteiger partial charge in [0.05, 0.1) is 0 Å². The number of rotatable bonds is 7. The van der Waals surface area contributed by atoms with E-state index in [2.05, 4.69) is 159 Å². The third kappa shape index (κ3) is 5.01. The van der Waals surface area contributed by atoms with Crippen LogP contribution in [-0.4, -0.2) is 35.2 Å². The second-order valence-corrected chi connectivity index (χ2v) is 8.96. The van der Waals surface area contributed by atoms with Crippen LogP contribution < -0.4 is 19.6 Å². The molecule has 0 aliphatic carbocycles. The summed E-state index contributed by atoms with van der Waals surface area (Å²) >= 11 is 0. The molecule has 4 rings (SSSR count). The summed E-state index contributed by atoms with van der Waals surface area (Å²) in [7, 11) is 10.4. The highest BCUT2D eigenvalue weighted by Crippen LogP contribution is 2.31. The van der Waals surface area contributed by atoms with Crippen LogP contribution in [0.3, 0.4) is 0 Å². The van der Waals surface area contributed by atoms with E-state index in [1.165, 1.54) is 28.3 Å². The van der Waals surface area contributed by atoms with Crippen molar-refractivity contribution in [2.75, 3.05) is 54.8 Å². The first kappa shape index (κ1) is 23.2. The van der Waals surface area contributed by atoms with Gasteiger partial charge >= 0.3 is 0 Å². The molecule has 4 nitrogen and oxygen atoms in total. The van der Waals surface area contributed by atoms with Crippen molar-refractivity contribution < 1.29 is 0 Å². The molecule has 0 saturated heterocycles. The van der Waals surface area contributed by atoms with Crippen molar-refractivity contribution in [3.05, 3.63) is 103 Å². The van der Waals surface area contributed by atoms with Gasteiger partial charge in [0, 0.05) is 75.1 Å². The predicted molar refractivity (Wildman–Crippen MR) is 149 cm³/mol. The maximum atomic E-state index is 2.21. The maximum Gasteiger partial charge on any atom is 0.0409 e. The number of hydrogen-bond acceptors (Lipinski definition) is 4. The highest BCUT2D eigenvalue weighted by atomic mass is 15.1. The smallest absolute Gasteiger partial charge is 0.0409 e. The van der Waals surface area contributed by atoms with Crippen molar-refractivity contribution in [1.82, 2.24) is 0 Å². The summed E-state index contributed by atoms with van der Waals surface area (Å²) in [6.45, 7) is 2.11. The van der Waals surface area contributed by atoms with E-state index in [-0.39, 0.29) is 0 Å². The van der Waals surface area contributed by atoms with Gasteiger partial charge in [-0.1, -0.05) is 17.7 Å². The summed E-state index contributed by atoms with van der Waals surface area (Å²) in [4.78, 5) is 8.74. The summed E-state index contributed by atoms with van der Waals surface area (Å²) in [5, 5.41) is 0. The third-order valence-corrected chi connectivity index (χ3v) is 6.42. The van der Waals surface area contributed by atoms with Gasteiger partial charge in [-0.15, -0.1) is 0 Å². The van der Waals surface area contributed by atoms with E-state index in [1.807, 2.05) is 0 Å². The number of benzene rings is 4. The largest absolute Gasteiger partial charge is 0.378 e. The summed E-state index contributed by atoms with van der Waals surface area (Å²) in [6, 6.07) is 34.6. The second-order valence-electron chi connectivity index (χ2n) is 8.96. The van der Waals surface area contributed by atoms with Crippen LogP contribution in [0.15, 0.2) is 97.1 Å². The SMILES string of the molecule is Cc1ccc(N(C)c2ccc(N(C)c3ccc(N(C)c4ccc(N(C)C)cc4)cc3)cc2)cc1. The number of anilines is 7. The lowest BCUT2D eigenvalue weighted by atomic mass is 10.2. The minimum Gasteiger partial charge on any atom is -0.378 e. The fourth-order valence-corrected chi connectivity index (χ4v) is 3.99. The van der Waals surface area contributed by atoms with Crippen molar-refractivity contribution in [2.24, 2.45) is 0 Å². The van der Waals surface area contributed by atoms with Crippen molar-refractivity contribution in [3.8, 4) is 0 Å². The molecular weight excluding hydrogens is 416 g/mol. The highest BCUT2D eigenvalue weighted by molar-refractivity contribution is 5.71. The molecule has 0 heterocycles. The van der Waals surface area contributed by atoms with Crippen LogP contribution in [0.1, 0.15) is 5.56 Å². The average molecular weight is 451 g/mol. The topological polar surface area (TPSA) is 13.0 Å². The molecule has 4 aromatic carbocycles. The van der Waals surface area contributed by atoms with Crippen molar-refractivity contribution in [3.63, 3.8) is 0 Å². The zero-order valence-electron chi connectivity index (χ0n) is 21.0. The van der Waals surface area contributed by atoms with E-state index in [0.717, 1.165) is 17.1 Å². The minimum atomic E-state index is 1.15. The van der Waals surface area contributed by atoms with Gasteiger partial charge in [0.15, 0.2) is 0 Å². The van der Waals surface area contributed by atoms with Gasteiger partial charge in [-0.2, -0.15) is 0 Å². The molecule has 0 aromatic heterocycles. The molecule has 0 fully saturated rings. The normalized spacial score (nSPS) is 10.6. The van der Waals surface area contributed by atoms with Gasteiger partial charge in [0.1, 0.15) is 0 Å². The molecule has 0 spiro atoms. The summed E-state index contributed by atoms with van der Waals surface area (Å²) in [6.07, 6.45) is 0. The standard InChI is InChI=1S/C30H34N4/c1-23-7-9-25(10-8-23)32(4)27-15-17-29(18-16-27)34(6)30-21-19-28(20-22-30)33(5)26-13-11-24(12-14-26)31(2)3/h7-22H,1-6H3. The van der Waals surface area contributed by atoms with Gasteiger partial charge < -0.3 is 19.6 Å². The van der Waals surface area contributed by atoms with Crippen molar-refractivity contribution >= 4 is 39.8 Å². The lowest BCUT2D eigenvalue weighted by Gasteiger charge is -2.24. The van der Waals surface area contributed by atoms with Crippen molar-refractivity contribution in [1.29, 1.82) is 0 Å². The van der Waals surface area contributed by atoms with Crippen LogP contribution in [-0.2, 0) is 0 Å². The van der Waals surface area contributed by atoms with E-state index in [0.29, 0.717) is 0 Å². The molecule has 0 bridgehead atoms. The monoisotopic (exact) mass is 450 g/mol. The van der Waals surface area contributed by atoms with Gasteiger partial charge in [-0.25, -0.2) is 0 Å². The van der Waals surface area contributed by atoms with E-state index >= 15 is 0 Å². The number of nitrogens with zero attached hydrogens (tertiary/aromatic N) is 4. The van der Waals surface area contributed by atoms with E-state index < -0.39 is 0 Å². The van der Waals surface area contributed by atoms with Crippen LogP contribution in [0.4, 0.5) is 39.8 Å². The molecule has 34 heavy (non-hydrogen) atoms. The first-order chi connectivity index (χ1) is 16.3. The molecule has 0 unspecified atom stereocenters. The lowest BCUT2D eigenvalue weighted by Crippen LogP contribution is -2.13. The molecule has 0 amide bonds. The van der Waals surface area contributed by atoms with E-state index in [4.69, 9.17) is 0 Å². The Morgan fingerprint density at radius 3 is 0.765 bits per heavy atom. The van der Waals surface area contributed by atoms with E-state index in [1.54, 1.807) is 0 Å². The zero-order valence-corrected chi connectivity index (χ0v) is 21.0. The summed E-state index contributed by atoms with van der Waals surface area (Å²) < 4.78 is 0. The van der Waals surface area contributed by atoms with Crippen LogP contribution in [0.2, 0.25) is 0 Å². The maximum absolute atomic E-state index is 2.21. The summed E-state index contributed by atoms with van der Waals surface area (Å²) in [5.74, 6) is 0. The molecule has 0 atom stereocenters. The molecule has 4 aromatic rings. The fourth-order valence-electron chi connectivity index (χ4n) is 3.99. The molecular formula is C30H34N4. The predicted octanol–water partition coefficient (Wildman–Crippen LogP) is 7.36. The Bertz CT molecular complexity index is 1190. The lowest BCUT2D eigenvalue weighted by molar-refractivity contribution is 1.13. The molecule has 0 aliphatic rings. The zero-order chi connectivity index (χ0) is 24.2. The Balaban J connectivity index is 1.45. The quantitative estimate of drug-likeness (QED) is 0.291. The first-order valence-electron chi connectivity index (χ1n) is 11.6. The van der Waals surface area contributed by atoms with Crippen LogP contribution in [0, 0.1) is 6.92 Å². The Hall–Kier alpha value is -3.92.